The minimum atomic E-state index is -0.876. The van der Waals surface area contributed by atoms with Crippen LogP contribution in [0.4, 0.5) is 0 Å². The molecule has 5 heteroatoms. The summed E-state index contributed by atoms with van der Waals surface area (Å²) < 4.78 is 0. The molecule has 0 aliphatic carbocycles. The van der Waals surface area contributed by atoms with E-state index in [2.05, 4.69) is 21.2 Å². The number of hydrogen-bond acceptors (Lipinski definition) is 3. The number of piperidine rings is 1. The molecular formula is C16H19N3O2. The summed E-state index contributed by atoms with van der Waals surface area (Å²) in [5.74, 6) is -0.363. The fraction of sp³-hybridized carbons (Fsp3) is 0.375. The highest BCUT2D eigenvalue weighted by Gasteiger charge is 2.22. The zero-order valence-electron chi connectivity index (χ0n) is 11.8. The van der Waals surface area contributed by atoms with E-state index in [0.717, 1.165) is 25.2 Å². The topological polar surface area (TPSA) is 69.2 Å². The third-order valence-electron chi connectivity index (χ3n) is 4.07. The summed E-state index contributed by atoms with van der Waals surface area (Å²) >= 11 is 0. The van der Waals surface area contributed by atoms with Crippen LogP contribution in [0.15, 0.2) is 36.5 Å². The third-order valence-corrected chi connectivity index (χ3v) is 4.07. The number of hydrogen-bond donors (Lipinski definition) is 2. The van der Waals surface area contributed by atoms with Gasteiger partial charge in [-0.1, -0.05) is 12.1 Å². The van der Waals surface area contributed by atoms with Gasteiger partial charge in [-0.25, -0.2) is 4.79 Å². The van der Waals surface area contributed by atoms with Crippen molar-refractivity contribution in [1.29, 1.82) is 0 Å². The molecule has 1 aromatic carbocycles. The number of aromatic nitrogens is 2. The Bertz CT molecular complexity index is 592. The normalized spacial score (nSPS) is 19.5. The van der Waals surface area contributed by atoms with Crippen molar-refractivity contribution in [2.45, 2.75) is 25.3 Å². The van der Waals surface area contributed by atoms with Crippen molar-refractivity contribution in [2.75, 3.05) is 13.1 Å². The van der Waals surface area contributed by atoms with E-state index in [1.807, 2.05) is 12.1 Å². The van der Waals surface area contributed by atoms with E-state index in [1.165, 1.54) is 18.5 Å². The minimum absolute atomic E-state index is 0.340. The van der Waals surface area contributed by atoms with Gasteiger partial charge in [0.1, 0.15) is 0 Å². The van der Waals surface area contributed by atoms with Crippen LogP contribution < -0.4 is 0 Å². The summed E-state index contributed by atoms with van der Waals surface area (Å²) in [5.41, 5.74) is 2.71. The zero-order chi connectivity index (χ0) is 14.7. The van der Waals surface area contributed by atoms with Crippen molar-refractivity contribution in [3.8, 4) is 0 Å². The van der Waals surface area contributed by atoms with Crippen molar-refractivity contribution >= 4 is 5.97 Å². The molecule has 1 aliphatic rings. The molecule has 1 unspecified atom stereocenters. The van der Waals surface area contributed by atoms with Crippen LogP contribution >= 0.6 is 0 Å². The van der Waals surface area contributed by atoms with E-state index < -0.39 is 5.97 Å². The van der Waals surface area contributed by atoms with Crippen LogP contribution in [0.3, 0.4) is 0 Å². The molecule has 2 aromatic rings. The van der Waals surface area contributed by atoms with Gasteiger partial charge in [-0.3, -0.25) is 10.00 Å². The number of likely N-dealkylation sites (tertiary alicyclic amines) is 1. The number of nitrogens with one attached hydrogen (secondary N) is 1. The average molecular weight is 285 g/mol. The summed E-state index contributed by atoms with van der Waals surface area (Å²) in [6.07, 6.45) is 4.17. The molecule has 1 saturated heterocycles. The highest BCUT2D eigenvalue weighted by atomic mass is 16.4. The number of carboxylic acids is 1. The summed E-state index contributed by atoms with van der Waals surface area (Å²) in [4.78, 5) is 13.3. The Kier molecular flexibility index (Phi) is 4.01. The molecule has 0 bridgehead atoms. The lowest BCUT2D eigenvalue weighted by Gasteiger charge is -2.32. The molecule has 5 nitrogen and oxygen atoms in total. The van der Waals surface area contributed by atoms with E-state index >= 15 is 0 Å². The van der Waals surface area contributed by atoms with E-state index in [9.17, 15) is 4.79 Å². The average Bonchev–Trinajstić information content (AvgIpc) is 3.02. The van der Waals surface area contributed by atoms with Crippen molar-refractivity contribution in [2.24, 2.45) is 0 Å². The SMILES string of the molecule is O=C(O)c1ccc(CN2CCCC(c3ccn[nH]3)C2)cc1. The Hall–Kier alpha value is -2.14. The fourth-order valence-electron chi connectivity index (χ4n) is 2.96. The van der Waals surface area contributed by atoms with E-state index in [4.69, 9.17) is 5.11 Å². The molecule has 0 radical (unpaired) electrons. The number of nitrogens with zero attached hydrogens (tertiary/aromatic N) is 2. The number of aromatic amines is 1. The number of aromatic carboxylic acids is 1. The summed E-state index contributed by atoms with van der Waals surface area (Å²) in [5, 5.41) is 16.0. The summed E-state index contributed by atoms with van der Waals surface area (Å²) in [6.45, 7) is 2.97. The van der Waals surface area contributed by atoms with Crippen molar-refractivity contribution in [3.05, 3.63) is 53.3 Å². The third kappa shape index (κ3) is 3.31. The molecule has 3 rings (SSSR count). The van der Waals surface area contributed by atoms with Crippen LogP contribution in [-0.4, -0.2) is 39.3 Å². The molecular weight excluding hydrogens is 266 g/mol. The van der Waals surface area contributed by atoms with Crippen molar-refractivity contribution in [3.63, 3.8) is 0 Å². The number of carbonyl (C=O) groups is 1. The molecule has 0 amide bonds. The quantitative estimate of drug-likeness (QED) is 0.905. The van der Waals surface area contributed by atoms with Crippen molar-refractivity contribution < 1.29 is 9.90 Å². The molecule has 21 heavy (non-hydrogen) atoms. The maximum Gasteiger partial charge on any atom is 0.335 e. The Morgan fingerprint density at radius 3 is 2.81 bits per heavy atom. The van der Waals surface area contributed by atoms with Gasteiger partial charge in [0.2, 0.25) is 0 Å². The number of rotatable bonds is 4. The second-order valence-corrected chi connectivity index (χ2v) is 5.59. The number of H-pyrrole nitrogens is 1. The van der Waals surface area contributed by atoms with Gasteiger partial charge in [0, 0.05) is 30.9 Å². The molecule has 2 heterocycles. The highest BCUT2D eigenvalue weighted by Crippen LogP contribution is 2.26. The van der Waals surface area contributed by atoms with Crippen molar-refractivity contribution in [1.82, 2.24) is 15.1 Å². The molecule has 0 spiro atoms. The van der Waals surface area contributed by atoms with E-state index in [1.54, 1.807) is 18.3 Å². The second kappa shape index (κ2) is 6.10. The van der Waals surface area contributed by atoms with Crippen LogP contribution in [0.1, 0.15) is 40.4 Å². The number of benzene rings is 1. The van der Waals surface area contributed by atoms with Gasteiger partial charge in [-0.05, 0) is 43.1 Å². The van der Waals surface area contributed by atoms with Crippen LogP contribution in [0, 0.1) is 0 Å². The first-order valence-electron chi connectivity index (χ1n) is 7.26. The van der Waals surface area contributed by atoms with Crippen LogP contribution in [0.25, 0.3) is 0 Å². The first kappa shape index (κ1) is 13.8. The highest BCUT2D eigenvalue weighted by molar-refractivity contribution is 5.87. The summed E-state index contributed by atoms with van der Waals surface area (Å²) in [6, 6.07) is 9.21. The minimum Gasteiger partial charge on any atom is -0.478 e. The Balaban J connectivity index is 1.63. The largest absolute Gasteiger partial charge is 0.478 e. The zero-order valence-corrected chi connectivity index (χ0v) is 11.8. The van der Waals surface area contributed by atoms with Gasteiger partial charge < -0.3 is 5.11 Å². The first-order chi connectivity index (χ1) is 10.2. The van der Waals surface area contributed by atoms with E-state index in [0.29, 0.717) is 11.5 Å². The molecule has 1 atom stereocenters. The lowest BCUT2D eigenvalue weighted by Crippen LogP contribution is -2.34. The summed E-state index contributed by atoms with van der Waals surface area (Å²) in [7, 11) is 0. The van der Waals surface area contributed by atoms with Gasteiger partial charge in [0.15, 0.2) is 0 Å². The maximum absolute atomic E-state index is 10.9. The Morgan fingerprint density at radius 2 is 2.14 bits per heavy atom. The van der Waals surface area contributed by atoms with Gasteiger partial charge in [-0.15, -0.1) is 0 Å². The molecule has 110 valence electrons. The molecule has 1 aromatic heterocycles. The predicted molar refractivity (Wildman–Crippen MR) is 79.2 cm³/mol. The Morgan fingerprint density at radius 1 is 1.33 bits per heavy atom. The van der Waals surface area contributed by atoms with E-state index in [-0.39, 0.29) is 0 Å². The second-order valence-electron chi connectivity index (χ2n) is 5.59. The molecule has 1 fully saturated rings. The van der Waals surface area contributed by atoms with Crippen LogP contribution in [0.2, 0.25) is 0 Å². The molecule has 0 saturated carbocycles. The monoisotopic (exact) mass is 285 g/mol. The van der Waals surface area contributed by atoms with Gasteiger partial charge >= 0.3 is 5.97 Å². The fourth-order valence-corrected chi connectivity index (χ4v) is 2.96. The molecule has 2 N–H and O–H groups in total. The smallest absolute Gasteiger partial charge is 0.335 e. The van der Waals surface area contributed by atoms with Crippen LogP contribution in [-0.2, 0) is 6.54 Å². The first-order valence-corrected chi connectivity index (χ1v) is 7.26. The lowest BCUT2D eigenvalue weighted by atomic mass is 9.94. The van der Waals surface area contributed by atoms with Gasteiger partial charge in [-0.2, -0.15) is 5.10 Å². The van der Waals surface area contributed by atoms with Gasteiger partial charge in [0.25, 0.3) is 0 Å². The lowest BCUT2D eigenvalue weighted by molar-refractivity contribution is 0.0697. The number of carboxylic acid groups (broad SMARTS) is 1. The van der Waals surface area contributed by atoms with Crippen LogP contribution in [0.5, 0.6) is 0 Å². The standard InChI is InChI=1S/C16H19N3O2/c20-16(21)13-5-3-12(4-6-13)10-19-9-1-2-14(11-19)15-7-8-17-18-15/h3-8,14H,1-2,9-11H2,(H,17,18)(H,20,21). The van der Waals surface area contributed by atoms with Gasteiger partial charge in [0.05, 0.1) is 5.56 Å². The maximum atomic E-state index is 10.9. The Labute approximate surface area is 123 Å². The molecule has 1 aliphatic heterocycles. The predicted octanol–water partition coefficient (Wildman–Crippen LogP) is 2.49.